The predicted molar refractivity (Wildman–Crippen MR) is 134 cm³/mol. The fourth-order valence-corrected chi connectivity index (χ4v) is 4.64. The maximum atomic E-state index is 13.2. The van der Waals surface area contributed by atoms with Crippen LogP contribution in [-0.4, -0.2) is 40.3 Å². The van der Waals surface area contributed by atoms with Gasteiger partial charge in [0.25, 0.3) is 5.91 Å². The molecule has 7 heteroatoms. The van der Waals surface area contributed by atoms with Gasteiger partial charge >= 0.3 is 0 Å². The van der Waals surface area contributed by atoms with Gasteiger partial charge < -0.3 is 9.64 Å². The minimum Gasteiger partial charge on any atom is -0.494 e. The van der Waals surface area contributed by atoms with E-state index < -0.39 is 0 Å². The Morgan fingerprint density at radius 1 is 1.12 bits per heavy atom. The van der Waals surface area contributed by atoms with Crippen molar-refractivity contribution in [1.82, 2.24) is 14.7 Å². The number of carbonyl (C=O) groups excluding carboxylic acids is 1. The van der Waals surface area contributed by atoms with Crippen LogP contribution in [0.3, 0.4) is 0 Å². The van der Waals surface area contributed by atoms with Crippen molar-refractivity contribution < 1.29 is 9.53 Å². The van der Waals surface area contributed by atoms with Crippen molar-refractivity contribution in [1.29, 1.82) is 0 Å². The first-order chi connectivity index (χ1) is 16.5. The molecule has 178 valence electrons. The van der Waals surface area contributed by atoms with E-state index in [-0.39, 0.29) is 17.0 Å². The summed E-state index contributed by atoms with van der Waals surface area (Å²) in [7, 11) is 0. The fourth-order valence-electron chi connectivity index (χ4n) is 4.43. The highest BCUT2D eigenvalue weighted by Gasteiger charge is 2.26. The first-order valence-corrected chi connectivity index (χ1v) is 12.2. The summed E-state index contributed by atoms with van der Waals surface area (Å²) in [5.41, 5.74) is 2.15. The van der Waals surface area contributed by atoms with Gasteiger partial charge in [-0.2, -0.15) is 5.10 Å². The molecule has 1 fully saturated rings. The van der Waals surface area contributed by atoms with Crippen LogP contribution in [0.25, 0.3) is 5.69 Å². The molecule has 0 N–H and O–H groups in total. The lowest BCUT2D eigenvalue weighted by molar-refractivity contribution is 0.0677. The van der Waals surface area contributed by atoms with Gasteiger partial charge in [-0.1, -0.05) is 35.9 Å². The van der Waals surface area contributed by atoms with E-state index >= 15 is 0 Å². The number of hydrogen-bond acceptors (Lipinski definition) is 4. The predicted octanol–water partition coefficient (Wildman–Crippen LogP) is 5.08. The van der Waals surface area contributed by atoms with Gasteiger partial charge in [-0.3, -0.25) is 9.59 Å². The number of carbonyl (C=O) groups is 1. The first kappa shape index (κ1) is 24.0. The fraction of sp³-hybridized carbons (Fsp3) is 0.370. The molecular weight excluding hydrogens is 450 g/mol. The van der Waals surface area contributed by atoms with Crippen LogP contribution in [0.2, 0.25) is 5.02 Å². The number of nitrogens with zero attached hydrogens (tertiary/aromatic N) is 3. The largest absolute Gasteiger partial charge is 0.494 e. The number of ether oxygens (including phenoxy) is 1. The zero-order chi connectivity index (χ0) is 24.1. The summed E-state index contributed by atoms with van der Waals surface area (Å²) in [5.74, 6) is 1.15. The standard InChI is InChI=1S/C27H30ClN3O3/c1-3-34-22-12-10-20(11-13-22)8-9-21-14-16-30(17-15-21)27(33)26-25(32)18-19(2)31(29-26)24-7-5-4-6-23(24)28/h4-7,10-13,18,21H,3,8-9,14-17H2,1-2H3. The van der Waals surface area contributed by atoms with E-state index in [2.05, 4.69) is 17.2 Å². The number of aryl methyl sites for hydroxylation is 2. The second-order valence-electron chi connectivity index (χ2n) is 8.71. The van der Waals surface area contributed by atoms with Gasteiger partial charge in [-0.05, 0) is 75.3 Å². The average Bonchev–Trinajstić information content (AvgIpc) is 2.84. The highest BCUT2D eigenvalue weighted by Crippen LogP contribution is 2.24. The van der Waals surface area contributed by atoms with E-state index in [4.69, 9.17) is 16.3 Å². The van der Waals surface area contributed by atoms with Crippen molar-refractivity contribution in [3.8, 4) is 11.4 Å². The van der Waals surface area contributed by atoms with Crippen molar-refractivity contribution in [2.45, 2.75) is 39.5 Å². The molecule has 6 nitrogen and oxygen atoms in total. The number of para-hydroxylation sites is 1. The third-order valence-corrected chi connectivity index (χ3v) is 6.69. The Balaban J connectivity index is 1.38. The smallest absolute Gasteiger partial charge is 0.278 e. The van der Waals surface area contributed by atoms with Crippen molar-refractivity contribution in [2.24, 2.45) is 5.92 Å². The zero-order valence-corrected chi connectivity index (χ0v) is 20.4. The highest BCUT2D eigenvalue weighted by molar-refractivity contribution is 6.32. The first-order valence-electron chi connectivity index (χ1n) is 11.8. The summed E-state index contributed by atoms with van der Waals surface area (Å²) in [5, 5.41) is 4.92. The molecular formula is C27H30ClN3O3. The van der Waals surface area contributed by atoms with Crippen LogP contribution < -0.4 is 10.2 Å². The second kappa shape index (κ2) is 10.9. The molecule has 1 aromatic heterocycles. The normalized spacial score (nSPS) is 14.3. The summed E-state index contributed by atoms with van der Waals surface area (Å²) in [6.45, 7) is 5.70. The van der Waals surface area contributed by atoms with Gasteiger partial charge in [-0.25, -0.2) is 4.68 Å². The molecule has 2 heterocycles. The van der Waals surface area contributed by atoms with Crippen molar-refractivity contribution in [2.75, 3.05) is 19.7 Å². The summed E-state index contributed by atoms with van der Waals surface area (Å²) < 4.78 is 7.08. The lowest BCUT2D eigenvalue weighted by atomic mass is 9.90. The van der Waals surface area contributed by atoms with Crippen LogP contribution in [0.15, 0.2) is 59.4 Å². The molecule has 2 aromatic carbocycles. The SMILES string of the molecule is CCOc1ccc(CCC2CCN(C(=O)c3nn(-c4ccccc4Cl)c(C)cc3=O)CC2)cc1. The molecule has 3 aromatic rings. The molecule has 0 radical (unpaired) electrons. The number of amides is 1. The minimum atomic E-state index is -0.358. The summed E-state index contributed by atoms with van der Waals surface area (Å²) in [6.07, 6.45) is 3.94. The van der Waals surface area contributed by atoms with Crippen LogP contribution in [0.4, 0.5) is 0 Å². The molecule has 1 aliphatic rings. The van der Waals surface area contributed by atoms with Crippen LogP contribution in [0.5, 0.6) is 5.75 Å². The zero-order valence-electron chi connectivity index (χ0n) is 19.7. The van der Waals surface area contributed by atoms with E-state index in [1.807, 2.05) is 37.3 Å². The number of likely N-dealkylation sites (tertiary alicyclic amines) is 1. The minimum absolute atomic E-state index is 0.0571. The van der Waals surface area contributed by atoms with Crippen LogP contribution in [-0.2, 0) is 6.42 Å². The van der Waals surface area contributed by atoms with Gasteiger partial charge in [-0.15, -0.1) is 0 Å². The lowest BCUT2D eigenvalue weighted by Crippen LogP contribution is -2.41. The molecule has 0 unspecified atom stereocenters. The van der Waals surface area contributed by atoms with Gasteiger partial charge in [0.15, 0.2) is 5.69 Å². The molecule has 0 saturated carbocycles. The van der Waals surface area contributed by atoms with E-state index in [0.717, 1.165) is 31.4 Å². The van der Waals surface area contributed by atoms with Gasteiger partial charge in [0.2, 0.25) is 5.43 Å². The topological polar surface area (TPSA) is 64.4 Å². The second-order valence-corrected chi connectivity index (χ2v) is 9.12. The molecule has 34 heavy (non-hydrogen) atoms. The Hall–Kier alpha value is -3.12. The maximum Gasteiger partial charge on any atom is 0.278 e. The Bertz CT molecular complexity index is 1200. The van der Waals surface area contributed by atoms with Gasteiger partial charge in [0.1, 0.15) is 5.75 Å². The molecule has 1 saturated heterocycles. The van der Waals surface area contributed by atoms with Gasteiger partial charge in [0.05, 0.1) is 17.3 Å². The third-order valence-electron chi connectivity index (χ3n) is 6.37. The van der Waals surface area contributed by atoms with E-state index in [9.17, 15) is 9.59 Å². The summed E-state index contributed by atoms with van der Waals surface area (Å²) >= 11 is 6.32. The maximum absolute atomic E-state index is 13.2. The highest BCUT2D eigenvalue weighted by atomic mass is 35.5. The molecule has 0 bridgehead atoms. The third kappa shape index (κ3) is 5.50. The Morgan fingerprint density at radius 3 is 2.50 bits per heavy atom. The van der Waals surface area contributed by atoms with Crippen LogP contribution in [0, 0.1) is 12.8 Å². The number of piperidine rings is 1. The van der Waals surface area contributed by atoms with Crippen LogP contribution in [0.1, 0.15) is 47.9 Å². The van der Waals surface area contributed by atoms with Crippen molar-refractivity contribution in [3.05, 3.63) is 86.8 Å². The molecule has 4 rings (SSSR count). The van der Waals surface area contributed by atoms with Gasteiger partial charge in [0, 0.05) is 24.8 Å². The monoisotopic (exact) mass is 479 g/mol. The van der Waals surface area contributed by atoms with Crippen LogP contribution >= 0.6 is 11.6 Å². The number of aromatic nitrogens is 2. The molecule has 0 spiro atoms. The quantitative estimate of drug-likeness (QED) is 0.474. The Morgan fingerprint density at radius 2 is 1.82 bits per heavy atom. The Kier molecular flexibility index (Phi) is 7.68. The average molecular weight is 480 g/mol. The van der Waals surface area contributed by atoms with Crippen molar-refractivity contribution >= 4 is 17.5 Å². The summed E-state index contributed by atoms with van der Waals surface area (Å²) in [4.78, 5) is 27.5. The van der Waals surface area contributed by atoms with E-state index in [1.54, 1.807) is 22.6 Å². The van der Waals surface area contributed by atoms with E-state index in [1.165, 1.54) is 11.6 Å². The number of hydrogen-bond donors (Lipinski definition) is 0. The van der Waals surface area contributed by atoms with E-state index in [0.29, 0.717) is 42.0 Å². The Labute approximate surface area is 205 Å². The number of halogens is 1. The molecule has 0 aliphatic carbocycles. The molecule has 1 aliphatic heterocycles. The molecule has 1 amide bonds. The number of benzene rings is 2. The van der Waals surface area contributed by atoms with Crippen molar-refractivity contribution in [3.63, 3.8) is 0 Å². The molecule has 0 atom stereocenters. The lowest BCUT2D eigenvalue weighted by Gasteiger charge is -2.31. The summed E-state index contributed by atoms with van der Waals surface area (Å²) in [6, 6.07) is 17.0. The number of rotatable bonds is 7.